The number of halogens is 1. The van der Waals surface area contributed by atoms with E-state index in [1.807, 2.05) is 25.1 Å². The van der Waals surface area contributed by atoms with Gasteiger partial charge in [-0.05, 0) is 53.4 Å². The number of carbonyl (C=O) groups is 1. The lowest BCUT2D eigenvalue weighted by atomic mass is 10.2. The maximum atomic E-state index is 11.8. The van der Waals surface area contributed by atoms with Crippen molar-refractivity contribution < 1.29 is 9.53 Å². The van der Waals surface area contributed by atoms with Gasteiger partial charge in [0.2, 0.25) is 5.91 Å². The predicted octanol–water partition coefficient (Wildman–Crippen LogP) is 2.21. The van der Waals surface area contributed by atoms with Crippen LogP contribution in [0, 0.1) is 0 Å². The van der Waals surface area contributed by atoms with Crippen LogP contribution in [0.3, 0.4) is 0 Å². The Hall–Kier alpha value is -1.07. The quantitative estimate of drug-likeness (QED) is 0.842. The first kappa shape index (κ1) is 14.3. The first-order valence-electron chi connectivity index (χ1n) is 6.46. The third-order valence-corrected chi connectivity index (χ3v) is 3.77. The van der Waals surface area contributed by atoms with Crippen LogP contribution in [0.25, 0.3) is 0 Å². The van der Waals surface area contributed by atoms with Gasteiger partial charge in [0.15, 0.2) is 0 Å². The van der Waals surface area contributed by atoms with Crippen molar-refractivity contribution in [3.8, 4) is 5.75 Å². The molecule has 1 aromatic rings. The second-order valence-corrected chi connectivity index (χ2v) is 5.71. The van der Waals surface area contributed by atoms with Crippen LogP contribution in [0.5, 0.6) is 5.75 Å². The third kappa shape index (κ3) is 4.21. The molecule has 0 aromatic heterocycles. The number of hydrogen-bond acceptors (Lipinski definition) is 3. The Morgan fingerprint density at radius 3 is 2.84 bits per heavy atom. The highest BCUT2D eigenvalue weighted by Gasteiger charge is 2.25. The van der Waals surface area contributed by atoms with E-state index in [9.17, 15) is 4.79 Å². The van der Waals surface area contributed by atoms with Crippen LogP contribution < -0.4 is 15.4 Å². The van der Waals surface area contributed by atoms with Crippen molar-refractivity contribution >= 4 is 21.8 Å². The summed E-state index contributed by atoms with van der Waals surface area (Å²) in [5.74, 6) is 0.887. The maximum Gasteiger partial charge on any atom is 0.237 e. The summed E-state index contributed by atoms with van der Waals surface area (Å²) < 4.78 is 6.10. The van der Waals surface area contributed by atoms with E-state index in [1.165, 1.54) is 0 Å². The Labute approximate surface area is 122 Å². The molecule has 0 saturated heterocycles. The lowest BCUT2D eigenvalue weighted by Gasteiger charge is -2.14. The van der Waals surface area contributed by atoms with Crippen LogP contribution in [0.2, 0.25) is 0 Å². The zero-order chi connectivity index (χ0) is 13.8. The van der Waals surface area contributed by atoms with E-state index in [1.54, 1.807) is 7.11 Å². The molecule has 1 unspecified atom stereocenters. The molecule has 4 nitrogen and oxygen atoms in total. The lowest BCUT2D eigenvalue weighted by Crippen LogP contribution is -2.42. The number of amides is 1. The highest BCUT2D eigenvalue weighted by molar-refractivity contribution is 9.10. The first-order chi connectivity index (χ1) is 9.10. The van der Waals surface area contributed by atoms with Gasteiger partial charge < -0.3 is 15.4 Å². The van der Waals surface area contributed by atoms with E-state index < -0.39 is 0 Å². The summed E-state index contributed by atoms with van der Waals surface area (Å²) in [5.41, 5.74) is 1.11. The molecule has 2 N–H and O–H groups in total. The smallest absolute Gasteiger partial charge is 0.237 e. The summed E-state index contributed by atoms with van der Waals surface area (Å²) in [6.07, 6.45) is 2.23. The van der Waals surface area contributed by atoms with E-state index >= 15 is 0 Å². The minimum absolute atomic E-state index is 0.0788. The normalized spacial score (nSPS) is 15.9. The van der Waals surface area contributed by atoms with E-state index in [2.05, 4.69) is 26.6 Å². The van der Waals surface area contributed by atoms with Gasteiger partial charge in [-0.3, -0.25) is 4.79 Å². The summed E-state index contributed by atoms with van der Waals surface area (Å²) in [5, 5.41) is 6.21. The molecule has 1 aliphatic carbocycles. The molecular weight excluding hydrogens is 308 g/mol. The fraction of sp³-hybridized carbons (Fsp3) is 0.500. The largest absolute Gasteiger partial charge is 0.496 e. The number of benzene rings is 1. The van der Waals surface area contributed by atoms with Crippen molar-refractivity contribution in [3.05, 3.63) is 28.2 Å². The van der Waals surface area contributed by atoms with Crippen LogP contribution in [0.15, 0.2) is 22.7 Å². The molecule has 5 heteroatoms. The van der Waals surface area contributed by atoms with Crippen LogP contribution >= 0.6 is 15.9 Å². The molecule has 0 aliphatic heterocycles. The van der Waals surface area contributed by atoms with Crippen molar-refractivity contribution in [2.45, 2.75) is 38.4 Å². The molecule has 1 saturated carbocycles. The van der Waals surface area contributed by atoms with Crippen molar-refractivity contribution in [2.75, 3.05) is 7.11 Å². The van der Waals surface area contributed by atoms with Gasteiger partial charge in [-0.1, -0.05) is 6.07 Å². The van der Waals surface area contributed by atoms with Gasteiger partial charge in [0.25, 0.3) is 0 Å². The highest BCUT2D eigenvalue weighted by atomic mass is 79.9. The fourth-order valence-corrected chi connectivity index (χ4v) is 2.33. The van der Waals surface area contributed by atoms with Crippen molar-refractivity contribution in [1.29, 1.82) is 0 Å². The van der Waals surface area contributed by atoms with Gasteiger partial charge in [-0.15, -0.1) is 0 Å². The van der Waals surface area contributed by atoms with Crippen molar-refractivity contribution in [2.24, 2.45) is 0 Å². The number of methoxy groups -OCH3 is 1. The second kappa shape index (κ2) is 6.39. The van der Waals surface area contributed by atoms with Gasteiger partial charge in [0, 0.05) is 12.6 Å². The number of rotatable bonds is 6. The monoisotopic (exact) mass is 326 g/mol. The van der Waals surface area contributed by atoms with Crippen molar-refractivity contribution in [1.82, 2.24) is 10.6 Å². The molecule has 1 aliphatic rings. The zero-order valence-corrected chi connectivity index (χ0v) is 12.8. The van der Waals surface area contributed by atoms with E-state index in [-0.39, 0.29) is 11.9 Å². The average molecular weight is 327 g/mol. The van der Waals surface area contributed by atoms with E-state index in [4.69, 9.17) is 4.74 Å². The van der Waals surface area contributed by atoms with Gasteiger partial charge in [0.05, 0.1) is 17.6 Å². The molecule has 1 amide bonds. The number of nitrogens with one attached hydrogen (secondary N) is 2. The summed E-state index contributed by atoms with van der Waals surface area (Å²) >= 11 is 3.45. The number of carbonyl (C=O) groups excluding carboxylic acids is 1. The van der Waals surface area contributed by atoms with Gasteiger partial charge in [-0.25, -0.2) is 0 Å². The van der Waals surface area contributed by atoms with E-state index in [0.29, 0.717) is 12.6 Å². The Kier molecular flexibility index (Phi) is 4.82. The molecule has 1 atom stereocenters. The minimum Gasteiger partial charge on any atom is -0.496 e. The summed E-state index contributed by atoms with van der Waals surface area (Å²) in [4.78, 5) is 11.8. The standard InChI is InChI=1S/C14H19BrN2O2/c1-9(14(18)17-11-4-5-11)16-8-10-3-6-13(19-2)12(15)7-10/h3,6-7,9,11,16H,4-5,8H2,1-2H3,(H,17,18). The molecule has 1 aromatic carbocycles. The fourth-order valence-electron chi connectivity index (χ4n) is 1.74. The highest BCUT2D eigenvalue weighted by Crippen LogP contribution is 2.25. The Balaban J connectivity index is 1.83. The third-order valence-electron chi connectivity index (χ3n) is 3.15. The summed E-state index contributed by atoms with van der Waals surface area (Å²) in [6.45, 7) is 2.54. The predicted molar refractivity (Wildman–Crippen MR) is 78.2 cm³/mol. The topological polar surface area (TPSA) is 50.4 Å². The van der Waals surface area contributed by atoms with Gasteiger partial charge >= 0.3 is 0 Å². The average Bonchev–Trinajstić information content (AvgIpc) is 3.20. The zero-order valence-electron chi connectivity index (χ0n) is 11.2. The second-order valence-electron chi connectivity index (χ2n) is 4.85. The summed E-state index contributed by atoms with van der Waals surface area (Å²) in [6, 6.07) is 6.13. The van der Waals surface area contributed by atoms with E-state index in [0.717, 1.165) is 28.6 Å². The summed E-state index contributed by atoms with van der Waals surface area (Å²) in [7, 11) is 1.64. The van der Waals surface area contributed by atoms with Gasteiger partial charge in [0.1, 0.15) is 5.75 Å². The molecule has 1 fully saturated rings. The van der Waals surface area contributed by atoms with Crippen LogP contribution in [-0.2, 0) is 11.3 Å². The van der Waals surface area contributed by atoms with Crippen molar-refractivity contribution in [3.63, 3.8) is 0 Å². The molecule has 0 heterocycles. The lowest BCUT2D eigenvalue weighted by molar-refractivity contribution is -0.122. The number of ether oxygens (including phenoxy) is 1. The molecule has 104 valence electrons. The SMILES string of the molecule is COc1ccc(CNC(C)C(=O)NC2CC2)cc1Br. The Bertz CT molecular complexity index is 461. The molecule has 2 rings (SSSR count). The molecule has 0 bridgehead atoms. The minimum atomic E-state index is -0.179. The Morgan fingerprint density at radius 1 is 1.53 bits per heavy atom. The first-order valence-corrected chi connectivity index (χ1v) is 7.25. The maximum absolute atomic E-state index is 11.8. The Morgan fingerprint density at radius 2 is 2.26 bits per heavy atom. The molecule has 0 radical (unpaired) electrons. The molecule has 0 spiro atoms. The molecular formula is C14H19BrN2O2. The van der Waals surface area contributed by atoms with Crippen LogP contribution in [0.4, 0.5) is 0 Å². The van der Waals surface area contributed by atoms with Crippen LogP contribution in [0.1, 0.15) is 25.3 Å². The molecule has 19 heavy (non-hydrogen) atoms. The van der Waals surface area contributed by atoms with Crippen LogP contribution in [-0.4, -0.2) is 25.1 Å². The van der Waals surface area contributed by atoms with Gasteiger partial charge in [-0.2, -0.15) is 0 Å². The number of hydrogen-bond donors (Lipinski definition) is 2.